The molecule has 0 heterocycles. The zero-order valence-electron chi connectivity index (χ0n) is 9.86. The van der Waals surface area contributed by atoms with E-state index in [1.165, 1.54) is 25.3 Å². The molecule has 8 heteroatoms. The van der Waals surface area contributed by atoms with Crippen molar-refractivity contribution < 1.29 is 17.9 Å². The van der Waals surface area contributed by atoms with E-state index >= 15 is 0 Å². The van der Waals surface area contributed by atoms with E-state index in [0.29, 0.717) is 5.69 Å². The number of halogens is 1. The lowest BCUT2D eigenvalue weighted by Crippen LogP contribution is -2.17. The Morgan fingerprint density at radius 3 is 2.61 bits per heavy atom. The van der Waals surface area contributed by atoms with E-state index in [9.17, 15) is 13.2 Å². The molecule has 0 fully saturated rings. The molecule has 1 amide bonds. The number of nitrogens with one attached hydrogen (secondary N) is 2. The van der Waals surface area contributed by atoms with E-state index in [-0.39, 0.29) is 23.2 Å². The summed E-state index contributed by atoms with van der Waals surface area (Å²) in [6, 6.07) is 4.45. The minimum atomic E-state index is -3.39. The van der Waals surface area contributed by atoms with Gasteiger partial charge >= 0.3 is 0 Å². The molecule has 2 N–H and O–H groups in total. The third-order valence-electron chi connectivity index (χ3n) is 1.82. The molecule has 0 bridgehead atoms. The normalized spacial score (nSPS) is 11.1. The summed E-state index contributed by atoms with van der Waals surface area (Å²) < 4.78 is 29.0. The van der Waals surface area contributed by atoms with Gasteiger partial charge in [0.1, 0.15) is 6.61 Å². The first-order chi connectivity index (χ1) is 8.31. The molecule has 0 aliphatic carbocycles. The van der Waals surface area contributed by atoms with Gasteiger partial charge in [0.05, 0.1) is 17.0 Å². The fourth-order valence-electron chi connectivity index (χ4n) is 1.20. The van der Waals surface area contributed by atoms with Crippen LogP contribution in [0.15, 0.2) is 18.2 Å². The highest BCUT2D eigenvalue weighted by atomic mass is 35.5. The van der Waals surface area contributed by atoms with Gasteiger partial charge in [0.2, 0.25) is 15.9 Å². The van der Waals surface area contributed by atoms with Gasteiger partial charge in [-0.15, -0.1) is 0 Å². The lowest BCUT2D eigenvalue weighted by atomic mass is 10.3. The predicted molar refractivity (Wildman–Crippen MR) is 70.4 cm³/mol. The predicted octanol–water partition coefficient (Wildman–Crippen LogP) is 1.30. The molecule has 100 valence electrons. The van der Waals surface area contributed by atoms with Crippen molar-refractivity contribution in [1.82, 2.24) is 0 Å². The van der Waals surface area contributed by atoms with Gasteiger partial charge in [0, 0.05) is 12.8 Å². The highest BCUT2D eigenvalue weighted by molar-refractivity contribution is 7.92. The molecule has 0 saturated carbocycles. The molecule has 1 aromatic carbocycles. The summed E-state index contributed by atoms with van der Waals surface area (Å²) in [6.45, 7) is -0.0685. The van der Waals surface area contributed by atoms with Crippen molar-refractivity contribution in [2.24, 2.45) is 0 Å². The van der Waals surface area contributed by atoms with Crippen LogP contribution in [0.2, 0.25) is 5.02 Å². The number of amides is 1. The standard InChI is InChI=1S/C10H13ClN2O4S/c1-17-6-10(14)12-7-3-4-9(8(11)5-7)13-18(2,15)16/h3-5,13H,6H2,1-2H3,(H,12,14). The summed E-state index contributed by atoms with van der Waals surface area (Å²) >= 11 is 5.89. The summed E-state index contributed by atoms with van der Waals surface area (Å²) in [5, 5.41) is 2.74. The summed E-state index contributed by atoms with van der Waals surface area (Å²) in [7, 11) is -1.98. The van der Waals surface area contributed by atoms with Gasteiger partial charge in [0.15, 0.2) is 0 Å². The molecular weight excluding hydrogens is 280 g/mol. The number of methoxy groups -OCH3 is 1. The average molecular weight is 293 g/mol. The fraction of sp³-hybridized carbons (Fsp3) is 0.300. The van der Waals surface area contributed by atoms with Crippen molar-refractivity contribution in [1.29, 1.82) is 0 Å². The van der Waals surface area contributed by atoms with Crippen molar-refractivity contribution >= 4 is 38.9 Å². The van der Waals surface area contributed by atoms with Crippen molar-refractivity contribution in [3.8, 4) is 0 Å². The molecule has 0 saturated heterocycles. The van der Waals surface area contributed by atoms with E-state index in [1.807, 2.05) is 0 Å². The lowest BCUT2D eigenvalue weighted by Gasteiger charge is -2.09. The van der Waals surface area contributed by atoms with Crippen LogP contribution in [0.25, 0.3) is 0 Å². The lowest BCUT2D eigenvalue weighted by molar-refractivity contribution is -0.119. The Bertz CT molecular complexity index is 545. The van der Waals surface area contributed by atoms with Crippen LogP contribution in [0, 0.1) is 0 Å². The number of rotatable bonds is 5. The number of carbonyl (C=O) groups excluding carboxylic acids is 1. The Hall–Kier alpha value is -1.31. The molecule has 0 radical (unpaired) electrons. The maximum absolute atomic E-state index is 11.2. The highest BCUT2D eigenvalue weighted by Gasteiger charge is 2.08. The number of hydrogen-bond donors (Lipinski definition) is 2. The number of sulfonamides is 1. The summed E-state index contributed by atoms with van der Waals surface area (Å²) in [5.41, 5.74) is 0.713. The van der Waals surface area contributed by atoms with Crippen LogP contribution in [0.5, 0.6) is 0 Å². The van der Waals surface area contributed by atoms with Gasteiger partial charge in [0.25, 0.3) is 0 Å². The number of ether oxygens (including phenoxy) is 1. The first kappa shape index (κ1) is 14.7. The quantitative estimate of drug-likeness (QED) is 0.856. The van der Waals surface area contributed by atoms with E-state index in [1.54, 1.807) is 0 Å². The molecule has 6 nitrogen and oxygen atoms in total. The van der Waals surface area contributed by atoms with Crippen LogP contribution in [0.1, 0.15) is 0 Å². The number of benzene rings is 1. The van der Waals surface area contributed by atoms with Crippen LogP contribution in [0.3, 0.4) is 0 Å². The van der Waals surface area contributed by atoms with E-state index < -0.39 is 10.0 Å². The average Bonchev–Trinajstić information content (AvgIpc) is 2.21. The highest BCUT2D eigenvalue weighted by Crippen LogP contribution is 2.26. The topological polar surface area (TPSA) is 84.5 Å². The molecule has 1 aromatic rings. The Kier molecular flexibility index (Phi) is 4.94. The third-order valence-corrected chi connectivity index (χ3v) is 2.73. The second kappa shape index (κ2) is 6.03. The van der Waals surface area contributed by atoms with Crippen molar-refractivity contribution in [3.05, 3.63) is 23.2 Å². The second-order valence-electron chi connectivity index (χ2n) is 3.55. The van der Waals surface area contributed by atoms with Gasteiger partial charge in [-0.2, -0.15) is 0 Å². The van der Waals surface area contributed by atoms with E-state index in [2.05, 4.69) is 14.8 Å². The second-order valence-corrected chi connectivity index (χ2v) is 5.71. The third kappa shape index (κ3) is 4.91. The summed E-state index contributed by atoms with van der Waals surface area (Å²) in [4.78, 5) is 11.2. The molecule has 0 unspecified atom stereocenters. The van der Waals surface area contributed by atoms with E-state index in [4.69, 9.17) is 11.6 Å². The van der Waals surface area contributed by atoms with Crippen LogP contribution in [-0.4, -0.2) is 34.3 Å². The number of carbonyl (C=O) groups is 1. The molecule has 1 rings (SSSR count). The van der Waals surface area contributed by atoms with Crippen LogP contribution in [0.4, 0.5) is 11.4 Å². The number of hydrogen-bond acceptors (Lipinski definition) is 4. The van der Waals surface area contributed by atoms with Gasteiger partial charge in [-0.25, -0.2) is 8.42 Å². The van der Waals surface area contributed by atoms with Crippen molar-refractivity contribution in [2.75, 3.05) is 30.0 Å². The maximum Gasteiger partial charge on any atom is 0.250 e. The van der Waals surface area contributed by atoms with Crippen LogP contribution >= 0.6 is 11.6 Å². The largest absolute Gasteiger partial charge is 0.375 e. The van der Waals surface area contributed by atoms with Gasteiger partial charge in [-0.3, -0.25) is 9.52 Å². The maximum atomic E-state index is 11.2. The Morgan fingerprint density at radius 2 is 2.11 bits per heavy atom. The molecule has 0 aromatic heterocycles. The molecular formula is C10H13ClN2O4S. The zero-order chi connectivity index (χ0) is 13.8. The smallest absolute Gasteiger partial charge is 0.250 e. The summed E-state index contributed by atoms with van der Waals surface area (Å²) in [6.07, 6.45) is 1.03. The first-order valence-electron chi connectivity index (χ1n) is 4.88. The van der Waals surface area contributed by atoms with Crippen LogP contribution < -0.4 is 10.0 Å². The Balaban J connectivity index is 2.83. The Morgan fingerprint density at radius 1 is 1.44 bits per heavy atom. The molecule has 0 aliphatic heterocycles. The SMILES string of the molecule is COCC(=O)Nc1ccc(NS(C)(=O)=O)c(Cl)c1. The fourth-order valence-corrected chi connectivity index (χ4v) is 2.06. The first-order valence-corrected chi connectivity index (χ1v) is 7.15. The minimum absolute atomic E-state index is 0.0685. The van der Waals surface area contributed by atoms with Gasteiger partial charge in [-0.1, -0.05) is 11.6 Å². The molecule has 0 atom stereocenters. The summed E-state index contributed by atoms with van der Waals surface area (Å²) in [5.74, 6) is -0.322. The van der Waals surface area contributed by atoms with Crippen molar-refractivity contribution in [2.45, 2.75) is 0 Å². The van der Waals surface area contributed by atoms with Crippen molar-refractivity contribution in [3.63, 3.8) is 0 Å². The van der Waals surface area contributed by atoms with Crippen LogP contribution in [-0.2, 0) is 19.6 Å². The van der Waals surface area contributed by atoms with Gasteiger partial charge in [-0.05, 0) is 18.2 Å². The van der Waals surface area contributed by atoms with Gasteiger partial charge < -0.3 is 10.1 Å². The van der Waals surface area contributed by atoms with E-state index in [0.717, 1.165) is 6.26 Å². The monoisotopic (exact) mass is 292 g/mol. The molecule has 18 heavy (non-hydrogen) atoms. The number of anilines is 2. The molecule has 0 spiro atoms. The minimum Gasteiger partial charge on any atom is -0.375 e. The molecule has 0 aliphatic rings. The Labute approximate surface area is 110 Å². The zero-order valence-corrected chi connectivity index (χ0v) is 11.4.